The summed E-state index contributed by atoms with van der Waals surface area (Å²) in [6, 6.07) is -0.455. The number of carbonyl (C=O) groups excluding carboxylic acids is 1. The van der Waals surface area contributed by atoms with Crippen LogP contribution in [0.4, 0.5) is 5.13 Å². The number of carbonyl (C=O) groups is 1. The van der Waals surface area contributed by atoms with E-state index in [2.05, 4.69) is 10.3 Å². The highest BCUT2D eigenvalue weighted by Gasteiger charge is 2.19. The second-order valence-corrected chi connectivity index (χ2v) is 4.13. The molecule has 0 radical (unpaired) electrons. The maximum atomic E-state index is 11.5. The minimum absolute atomic E-state index is 0.158. The fraction of sp³-hybridized carbons (Fsp3) is 0.556. The lowest BCUT2D eigenvalue weighted by Crippen LogP contribution is -2.40. The van der Waals surface area contributed by atoms with Crippen molar-refractivity contribution in [1.29, 1.82) is 0 Å². The monoisotopic (exact) mass is 213 g/mol. The highest BCUT2D eigenvalue weighted by atomic mass is 32.1. The molecule has 1 rings (SSSR count). The van der Waals surface area contributed by atoms with E-state index in [9.17, 15) is 4.79 Å². The van der Waals surface area contributed by atoms with E-state index in [-0.39, 0.29) is 11.8 Å². The number of nitrogens with zero attached hydrogens (tertiary/aromatic N) is 1. The summed E-state index contributed by atoms with van der Waals surface area (Å²) in [7, 11) is 0. The molecule has 3 N–H and O–H groups in total. The third-order valence-corrected chi connectivity index (χ3v) is 2.91. The normalized spacial score (nSPS) is 14.8. The summed E-state index contributed by atoms with van der Waals surface area (Å²) in [4.78, 5) is 15.5. The number of rotatable bonds is 4. The molecular formula is C9H15N3OS. The van der Waals surface area contributed by atoms with Crippen LogP contribution in [0.2, 0.25) is 0 Å². The Balaban J connectivity index is 2.50. The minimum atomic E-state index is -0.455. The van der Waals surface area contributed by atoms with Gasteiger partial charge in [-0.3, -0.25) is 4.79 Å². The summed E-state index contributed by atoms with van der Waals surface area (Å²) in [5, 5.41) is 5.10. The zero-order chi connectivity index (χ0) is 10.6. The Labute approximate surface area is 87.5 Å². The predicted molar refractivity (Wildman–Crippen MR) is 58.2 cm³/mol. The molecule has 14 heavy (non-hydrogen) atoms. The second-order valence-electron chi connectivity index (χ2n) is 3.24. The third-order valence-electron chi connectivity index (χ3n) is 2.22. The summed E-state index contributed by atoms with van der Waals surface area (Å²) in [5.74, 6) is 0.0317. The van der Waals surface area contributed by atoms with Gasteiger partial charge < -0.3 is 11.1 Å². The van der Waals surface area contributed by atoms with Crippen LogP contribution < -0.4 is 11.1 Å². The van der Waals surface area contributed by atoms with E-state index in [1.54, 1.807) is 6.20 Å². The van der Waals surface area contributed by atoms with E-state index in [0.29, 0.717) is 5.13 Å². The largest absolute Gasteiger partial charge is 0.320 e. The molecule has 0 saturated carbocycles. The quantitative estimate of drug-likeness (QED) is 0.795. The van der Waals surface area contributed by atoms with Crippen LogP contribution in [-0.2, 0) is 4.79 Å². The zero-order valence-electron chi connectivity index (χ0n) is 8.36. The van der Waals surface area contributed by atoms with Crippen LogP contribution in [0.15, 0.2) is 11.6 Å². The van der Waals surface area contributed by atoms with Gasteiger partial charge in [-0.25, -0.2) is 4.98 Å². The summed E-state index contributed by atoms with van der Waals surface area (Å²) in [6.45, 7) is 3.98. The molecule has 0 aliphatic carbocycles. The van der Waals surface area contributed by atoms with E-state index in [0.717, 1.165) is 6.42 Å². The van der Waals surface area contributed by atoms with Crippen LogP contribution in [0.25, 0.3) is 0 Å². The van der Waals surface area contributed by atoms with E-state index in [4.69, 9.17) is 5.73 Å². The van der Waals surface area contributed by atoms with Crippen LogP contribution >= 0.6 is 11.3 Å². The first-order valence-corrected chi connectivity index (χ1v) is 5.49. The number of aromatic nitrogens is 1. The van der Waals surface area contributed by atoms with Gasteiger partial charge in [0.15, 0.2) is 5.13 Å². The molecule has 78 valence electrons. The van der Waals surface area contributed by atoms with E-state index in [1.165, 1.54) is 11.3 Å². The fourth-order valence-electron chi connectivity index (χ4n) is 0.986. The lowest BCUT2D eigenvalue weighted by molar-refractivity contribution is -0.118. The average molecular weight is 213 g/mol. The summed E-state index contributed by atoms with van der Waals surface area (Å²) in [6.07, 6.45) is 2.54. The van der Waals surface area contributed by atoms with Gasteiger partial charge in [0, 0.05) is 11.6 Å². The molecule has 0 aliphatic rings. The number of thiazole rings is 1. The molecular weight excluding hydrogens is 198 g/mol. The summed E-state index contributed by atoms with van der Waals surface area (Å²) >= 11 is 1.39. The first kappa shape index (κ1) is 11.1. The van der Waals surface area contributed by atoms with Crippen LogP contribution in [0.1, 0.15) is 20.3 Å². The number of hydrogen-bond acceptors (Lipinski definition) is 4. The maximum absolute atomic E-state index is 11.5. The van der Waals surface area contributed by atoms with Gasteiger partial charge in [-0.1, -0.05) is 20.3 Å². The van der Waals surface area contributed by atoms with Crippen LogP contribution in [0.3, 0.4) is 0 Å². The molecule has 1 heterocycles. The predicted octanol–water partition coefficient (Wildman–Crippen LogP) is 1.45. The number of anilines is 1. The Kier molecular flexibility index (Phi) is 4.03. The first-order valence-electron chi connectivity index (χ1n) is 4.61. The molecule has 1 unspecified atom stereocenters. The number of amides is 1. The van der Waals surface area contributed by atoms with Crippen LogP contribution in [0, 0.1) is 5.92 Å². The highest BCUT2D eigenvalue weighted by molar-refractivity contribution is 7.13. The Bertz CT molecular complexity index is 286. The van der Waals surface area contributed by atoms with E-state index in [1.807, 2.05) is 19.2 Å². The molecule has 0 spiro atoms. The van der Waals surface area contributed by atoms with Gasteiger partial charge in [0.25, 0.3) is 0 Å². The smallest absolute Gasteiger partial charge is 0.243 e. The molecule has 1 aromatic heterocycles. The topological polar surface area (TPSA) is 68.0 Å². The van der Waals surface area contributed by atoms with E-state index >= 15 is 0 Å². The van der Waals surface area contributed by atoms with Gasteiger partial charge in [0.1, 0.15) is 0 Å². The SMILES string of the molecule is CCC(C)[C@H](N)C(=O)Nc1nccs1. The Morgan fingerprint density at radius 3 is 3.00 bits per heavy atom. The highest BCUT2D eigenvalue weighted by Crippen LogP contribution is 2.12. The van der Waals surface area contributed by atoms with Gasteiger partial charge in [-0.2, -0.15) is 0 Å². The van der Waals surface area contributed by atoms with Crippen molar-refractivity contribution in [2.75, 3.05) is 5.32 Å². The van der Waals surface area contributed by atoms with Crippen molar-refractivity contribution in [3.8, 4) is 0 Å². The molecule has 2 atom stereocenters. The summed E-state index contributed by atoms with van der Waals surface area (Å²) in [5.41, 5.74) is 5.75. The Morgan fingerprint density at radius 2 is 2.50 bits per heavy atom. The third kappa shape index (κ3) is 2.78. The van der Waals surface area contributed by atoms with Crippen molar-refractivity contribution in [3.05, 3.63) is 11.6 Å². The maximum Gasteiger partial charge on any atom is 0.243 e. The standard InChI is InChI=1S/C9H15N3OS/c1-3-6(2)7(10)8(13)12-9-11-4-5-14-9/h4-7H,3,10H2,1-2H3,(H,11,12,13)/t6?,7-/m0/s1. The molecule has 4 nitrogen and oxygen atoms in total. The van der Waals surface area contributed by atoms with Gasteiger partial charge in [-0.15, -0.1) is 11.3 Å². The first-order chi connectivity index (χ1) is 6.65. The average Bonchev–Trinajstić information content (AvgIpc) is 2.68. The molecule has 5 heteroatoms. The molecule has 0 bridgehead atoms. The van der Waals surface area contributed by atoms with Crippen molar-refractivity contribution >= 4 is 22.4 Å². The lowest BCUT2D eigenvalue weighted by Gasteiger charge is -2.16. The van der Waals surface area contributed by atoms with Gasteiger partial charge in [0.2, 0.25) is 5.91 Å². The van der Waals surface area contributed by atoms with E-state index < -0.39 is 6.04 Å². The van der Waals surface area contributed by atoms with Crippen LogP contribution in [0.5, 0.6) is 0 Å². The molecule has 0 fully saturated rings. The number of hydrogen-bond donors (Lipinski definition) is 2. The second kappa shape index (κ2) is 5.07. The van der Waals surface area contributed by atoms with Gasteiger partial charge in [-0.05, 0) is 5.92 Å². The van der Waals surface area contributed by atoms with Crippen molar-refractivity contribution < 1.29 is 4.79 Å². The molecule has 0 saturated heterocycles. The molecule has 1 amide bonds. The molecule has 0 aliphatic heterocycles. The van der Waals surface area contributed by atoms with Gasteiger partial charge in [0.05, 0.1) is 6.04 Å². The molecule has 1 aromatic rings. The van der Waals surface area contributed by atoms with Crippen LogP contribution in [-0.4, -0.2) is 16.9 Å². The Hall–Kier alpha value is -0.940. The minimum Gasteiger partial charge on any atom is -0.320 e. The zero-order valence-corrected chi connectivity index (χ0v) is 9.17. The fourth-order valence-corrected chi connectivity index (χ4v) is 1.52. The lowest BCUT2D eigenvalue weighted by atomic mass is 10.00. The van der Waals surface area contributed by atoms with Crippen molar-refractivity contribution in [1.82, 2.24) is 4.98 Å². The number of nitrogens with two attached hydrogens (primary N) is 1. The van der Waals surface area contributed by atoms with Crippen molar-refractivity contribution in [2.24, 2.45) is 11.7 Å². The van der Waals surface area contributed by atoms with Crippen molar-refractivity contribution in [3.63, 3.8) is 0 Å². The molecule has 0 aromatic carbocycles. The van der Waals surface area contributed by atoms with Crippen molar-refractivity contribution in [2.45, 2.75) is 26.3 Å². The number of nitrogens with one attached hydrogen (secondary N) is 1. The Morgan fingerprint density at radius 1 is 1.79 bits per heavy atom. The van der Waals surface area contributed by atoms with Gasteiger partial charge >= 0.3 is 0 Å². The summed E-state index contributed by atoms with van der Waals surface area (Å²) < 4.78 is 0.